The van der Waals surface area contributed by atoms with Crippen molar-refractivity contribution >= 4 is 49.8 Å². The SMILES string of the molecule is Cn1nnnc1-c1cccc(S(=O)(=O)Nc2ccc(Cl)c3c(Cl)c[nH]c23)c1. The summed E-state index contributed by atoms with van der Waals surface area (Å²) < 4.78 is 29.8. The number of aryl methyl sites for hydroxylation is 1. The van der Waals surface area contributed by atoms with Gasteiger partial charge in [0.15, 0.2) is 5.82 Å². The first-order valence-electron chi connectivity index (χ1n) is 7.67. The van der Waals surface area contributed by atoms with Crippen LogP contribution < -0.4 is 4.72 Å². The van der Waals surface area contributed by atoms with Crippen LogP contribution in [0.4, 0.5) is 5.69 Å². The first-order chi connectivity index (χ1) is 12.9. The highest BCUT2D eigenvalue weighted by Gasteiger charge is 2.19. The molecule has 2 aromatic heterocycles. The van der Waals surface area contributed by atoms with Crippen LogP contribution in [0.5, 0.6) is 0 Å². The second kappa shape index (κ2) is 6.52. The summed E-state index contributed by atoms with van der Waals surface area (Å²) in [5, 5.41) is 12.6. The Morgan fingerprint density at radius 1 is 1.15 bits per heavy atom. The number of aromatic amines is 1. The van der Waals surface area contributed by atoms with Crippen molar-refractivity contribution in [3.05, 3.63) is 52.6 Å². The summed E-state index contributed by atoms with van der Waals surface area (Å²) in [6, 6.07) is 9.51. The number of tetrazole rings is 1. The van der Waals surface area contributed by atoms with Gasteiger partial charge in [-0.3, -0.25) is 4.72 Å². The number of benzene rings is 2. The van der Waals surface area contributed by atoms with Gasteiger partial charge in [0.25, 0.3) is 10.0 Å². The largest absolute Gasteiger partial charge is 0.358 e. The molecule has 0 saturated carbocycles. The number of aromatic nitrogens is 5. The zero-order valence-corrected chi connectivity index (χ0v) is 16.1. The Kier molecular flexibility index (Phi) is 4.29. The molecule has 0 bridgehead atoms. The summed E-state index contributed by atoms with van der Waals surface area (Å²) in [5.74, 6) is 0.456. The Bertz CT molecular complexity index is 1270. The van der Waals surface area contributed by atoms with Crippen molar-refractivity contribution in [2.75, 3.05) is 4.72 Å². The van der Waals surface area contributed by atoms with E-state index in [2.05, 4.69) is 25.2 Å². The maximum atomic E-state index is 12.9. The highest BCUT2D eigenvalue weighted by Crippen LogP contribution is 2.35. The molecule has 4 rings (SSSR count). The van der Waals surface area contributed by atoms with E-state index in [-0.39, 0.29) is 4.90 Å². The molecule has 0 amide bonds. The summed E-state index contributed by atoms with van der Waals surface area (Å²) >= 11 is 12.3. The number of nitrogens with zero attached hydrogens (tertiary/aromatic N) is 4. The van der Waals surface area contributed by atoms with Gasteiger partial charge in [0.1, 0.15) is 0 Å². The van der Waals surface area contributed by atoms with Crippen LogP contribution in [-0.4, -0.2) is 33.6 Å². The molecule has 2 N–H and O–H groups in total. The van der Waals surface area contributed by atoms with Gasteiger partial charge in [-0.1, -0.05) is 35.3 Å². The minimum Gasteiger partial charge on any atom is -0.358 e. The Labute approximate surface area is 164 Å². The molecule has 0 spiro atoms. The van der Waals surface area contributed by atoms with E-state index in [0.29, 0.717) is 38.0 Å². The molecule has 8 nitrogen and oxygen atoms in total. The van der Waals surface area contributed by atoms with Crippen molar-refractivity contribution < 1.29 is 8.42 Å². The van der Waals surface area contributed by atoms with E-state index in [1.165, 1.54) is 16.8 Å². The Hall–Kier alpha value is -2.62. The smallest absolute Gasteiger partial charge is 0.261 e. The summed E-state index contributed by atoms with van der Waals surface area (Å²) in [7, 11) is -2.19. The van der Waals surface area contributed by atoms with Gasteiger partial charge in [-0.25, -0.2) is 13.1 Å². The van der Waals surface area contributed by atoms with Crippen LogP contribution in [0.2, 0.25) is 10.0 Å². The van der Waals surface area contributed by atoms with Gasteiger partial charge >= 0.3 is 0 Å². The molecular weight excluding hydrogens is 411 g/mol. The fourth-order valence-corrected chi connectivity index (χ4v) is 4.41. The quantitative estimate of drug-likeness (QED) is 0.523. The number of hydrogen-bond donors (Lipinski definition) is 2. The number of sulfonamides is 1. The van der Waals surface area contributed by atoms with Gasteiger partial charge in [-0.2, -0.15) is 0 Å². The van der Waals surface area contributed by atoms with Gasteiger partial charge in [0.05, 0.1) is 26.1 Å². The molecule has 27 heavy (non-hydrogen) atoms. The van der Waals surface area contributed by atoms with Crippen molar-refractivity contribution in [3.63, 3.8) is 0 Å². The Morgan fingerprint density at radius 2 is 1.96 bits per heavy atom. The van der Waals surface area contributed by atoms with Crippen LogP contribution in [-0.2, 0) is 17.1 Å². The summed E-state index contributed by atoms with van der Waals surface area (Å²) in [6.07, 6.45) is 1.55. The molecule has 0 radical (unpaired) electrons. The lowest BCUT2D eigenvalue weighted by Crippen LogP contribution is -2.13. The van der Waals surface area contributed by atoms with Crippen LogP contribution in [0.15, 0.2) is 47.5 Å². The number of rotatable bonds is 4. The summed E-state index contributed by atoms with van der Waals surface area (Å²) in [4.78, 5) is 3.01. The number of nitrogens with one attached hydrogen (secondary N) is 2. The summed E-state index contributed by atoms with van der Waals surface area (Å²) in [6.45, 7) is 0. The van der Waals surface area contributed by atoms with Crippen molar-refractivity contribution in [2.45, 2.75) is 4.90 Å². The van der Waals surface area contributed by atoms with E-state index in [0.717, 1.165) is 0 Å². The predicted molar refractivity (Wildman–Crippen MR) is 103 cm³/mol. The molecule has 138 valence electrons. The average molecular weight is 423 g/mol. The van der Waals surface area contributed by atoms with Crippen LogP contribution >= 0.6 is 23.2 Å². The third kappa shape index (κ3) is 3.14. The number of anilines is 1. The fourth-order valence-electron chi connectivity index (χ4n) is 2.73. The van der Waals surface area contributed by atoms with Crippen LogP contribution in [0, 0.1) is 0 Å². The zero-order chi connectivity index (χ0) is 19.2. The van der Waals surface area contributed by atoms with E-state index < -0.39 is 10.0 Å². The van der Waals surface area contributed by atoms with Gasteiger partial charge in [0, 0.05) is 24.2 Å². The lowest BCUT2D eigenvalue weighted by Gasteiger charge is -2.11. The van der Waals surface area contributed by atoms with E-state index in [4.69, 9.17) is 23.2 Å². The van der Waals surface area contributed by atoms with Gasteiger partial charge < -0.3 is 4.98 Å². The van der Waals surface area contributed by atoms with Crippen molar-refractivity contribution in [1.29, 1.82) is 0 Å². The molecule has 11 heteroatoms. The second-order valence-electron chi connectivity index (χ2n) is 5.74. The number of fused-ring (bicyclic) bond motifs is 1. The van der Waals surface area contributed by atoms with Crippen LogP contribution in [0.25, 0.3) is 22.3 Å². The molecule has 0 unspecified atom stereocenters. The lowest BCUT2D eigenvalue weighted by molar-refractivity contribution is 0.601. The molecule has 0 atom stereocenters. The minimum absolute atomic E-state index is 0.0729. The molecule has 4 aromatic rings. The number of H-pyrrole nitrogens is 1. The number of hydrogen-bond acceptors (Lipinski definition) is 5. The summed E-state index contributed by atoms with van der Waals surface area (Å²) in [5.41, 5.74) is 1.42. The van der Waals surface area contributed by atoms with E-state index >= 15 is 0 Å². The number of halogens is 2. The molecule has 0 saturated heterocycles. The topological polar surface area (TPSA) is 106 Å². The van der Waals surface area contributed by atoms with Gasteiger partial charge in [-0.05, 0) is 34.7 Å². The maximum absolute atomic E-state index is 12.9. The molecule has 0 fully saturated rings. The van der Waals surface area contributed by atoms with Crippen molar-refractivity contribution in [3.8, 4) is 11.4 Å². The Morgan fingerprint density at radius 3 is 2.70 bits per heavy atom. The van der Waals surface area contributed by atoms with Gasteiger partial charge in [-0.15, -0.1) is 5.10 Å². The standard InChI is InChI=1S/C16H12Cl2N6O2S/c1-24-16(20-22-23-24)9-3-2-4-10(7-9)27(25,26)21-13-6-5-11(17)14-12(18)8-19-15(13)14/h2-8,19,21H,1H3. The van der Waals surface area contributed by atoms with Crippen molar-refractivity contribution in [1.82, 2.24) is 25.2 Å². The molecule has 0 aliphatic heterocycles. The van der Waals surface area contributed by atoms with E-state index in [1.54, 1.807) is 37.5 Å². The molecule has 0 aliphatic carbocycles. The third-order valence-electron chi connectivity index (χ3n) is 4.00. The highest BCUT2D eigenvalue weighted by atomic mass is 35.5. The van der Waals surface area contributed by atoms with Crippen LogP contribution in [0.1, 0.15) is 0 Å². The highest BCUT2D eigenvalue weighted by molar-refractivity contribution is 7.92. The second-order valence-corrected chi connectivity index (χ2v) is 8.24. The molecule has 2 aromatic carbocycles. The molecule has 2 heterocycles. The molecule has 0 aliphatic rings. The van der Waals surface area contributed by atoms with Gasteiger partial charge in [0.2, 0.25) is 0 Å². The van der Waals surface area contributed by atoms with E-state index in [1.807, 2.05) is 0 Å². The van der Waals surface area contributed by atoms with E-state index in [9.17, 15) is 8.42 Å². The zero-order valence-electron chi connectivity index (χ0n) is 13.8. The van der Waals surface area contributed by atoms with Crippen LogP contribution in [0.3, 0.4) is 0 Å². The maximum Gasteiger partial charge on any atom is 0.261 e. The predicted octanol–water partition coefficient (Wildman–Crippen LogP) is 3.47. The lowest BCUT2D eigenvalue weighted by atomic mass is 10.2. The molecular formula is C16H12Cl2N6O2S. The minimum atomic E-state index is -3.87. The fraction of sp³-hybridized carbons (Fsp3) is 0.0625. The monoisotopic (exact) mass is 422 g/mol. The normalized spacial score (nSPS) is 11.8. The first kappa shape index (κ1) is 17.8. The van der Waals surface area contributed by atoms with Crippen molar-refractivity contribution in [2.24, 2.45) is 7.05 Å². The Balaban J connectivity index is 1.75. The third-order valence-corrected chi connectivity index (χ3v) is 5.98. The first-order valence-corrected chi connectivity index (χ1v) is 9.91. The average Bonchev–Trinajstić information content (AvgIpc) is 3.24.